The largest absolute Gasteiger partial charge is 0.372 e. The molecule has 0 saturated heterocycles. The number of aromatic amines is 1. The summed E-state index contributed by atoms with van der Waals surface area (Å²) in [6.07, 6.45) is 0.874. The van der Waals surface area contributed by atoms with Crippen molar-refractivity contribution in [3.8, 4) is 11.1 Å². The Bertz CT molecular complexity index is 1440. The minimum atomic E-state index is -3.77. The molecule has 3 aromatic carbocycles. The van der Waals surface area contributed by atoms with Crippen LogP contribution in [0.2, 0.25) is 5.02 Å². The molecule has 4 aromatic rings. The Morgan fingerprint density at radius 3 is 2.44 bits per heavy atom. The number of benzene rings is 3. The first-order valence-corrected chi connectivity index (χ1v) is 12.6. The van der Waals surface area contributed by atoms with E-state index in [2.05, 4.69) is 9.71 Å². The van der Waals surface area contributed by atoms with Gasteiger partial charge in [0.05, 0.1) is 17.0 Å². The van der Waals surface area contributed by atoms with E-state index in [1.807, 2.05) is 30.3 Å². The molecule has 0 aliphatic carbocycles. The minimum absolute atomic E-state index is 0.178. The Labute approximate surface area is 201 Å². The summed E-state index contributed by atoms with van der Waals surface area (Å²) >= 11 is 5.99. The van der Waals surface area contributed by atoms with Gasteiger partial charge in [0.1, 0.15) is 11.9 Å². The molecule has 178 valence electrons. The number of methoxy groups -OCH3 is 1. The van der Waals surface area contributed by atoms with Crippen LogP contribution in [0.5, 0.6) is 0 Å². The molecule has 2 N–H and O–H groups in total. The van der Waals surface area contributed by atoms with Gasteiger partial charge in [0.15, 0.2) is 5.82 Å². The highest BCUT2D eigenvalue weighted by Crippen LogP contribution is 2.38. The number of halogens is 3. The van der Waals surface area contributed by atoms with Crippen LogP contribution in [0, 0.1) is 11.6 Å². The van der Waals surface area contributed by atoms with Gasteiger partial charge in [0.25, 0.3) is 0 Å². The highest BCUT2D eigenvalue weighted by atomic mass is 35.5. The number of hydrogen-bond acceptors (Lipinski definition) is 3. The molecule has 0 spiro atoms. The molecule has 0 aliphatic heterocycles. The SMILES string of the molecule is CCCS(=O)(=O)Nc1ccc(F)c([C@H](OC)c2c[nH]c3ccc(-c4ccc(Cl)cc4)cc23)c1F. The van der Waals surface area contributed by atoms with Gasteiger partial charge in [-0.05, 0) is 53.9 Å². The van der Waals surface area contributed by atoms with E-state index >= 15 is 4.39 Å². The average molecular weight is 505 g/mol. The Kier molecular flexibility index (Phi) is 6.93. The van der Waals surface area contributed by atoms with Crippen molar-refractivity contribution >= 4 is 38.2 Å². The quantitative estimate of drug-likeness (QED) is 0.282. The number of rotatable bonds is 8. The lowest BCUT2D eigenvalue weighted by molar-refractivity contribution is 0.130. The number of fused-ring (bicyclic) bond motifs is 1. The lowest BCUT2D eigenvalue weighted by Gasteiger charge is -2.19. The Balaban J connectivity index is 1.81. The van der Waals surface area contributed by atoms with Gasteiger partial charge >= 0.3 is 0 Å². The summed E-state index contributed by atoms with van der Waals surface area (Å²) in [4.78, 5) is 3.11. The summed E-state index contributed by atoms with van der Waals surface area (Å²) in [6.45, 7) is 1.70. The van der Waals surface area contributed by atoms with E-state index in [0.29, 0.717) is 17.0 Å². The molecule has 4 rings (SSSR count). The molecule has 0 amide bonds. The fraction of sp³-hybridized carbons (Fsp3) is 0.200. The lowest BCUT2D eigenvalue weighted by Crippen LogP contribution is -2.18. The van der Waals surface area contributed by atoms with E-state index in [1.165, 1.54) is 7.11 Å². The van der Waals surface area contributed by atoms with Crippen LogP contribution in [0.3, 0.4) is 0 Å². The van der Waals surface area contributed by atoms with E-state index in [0.717, 1.165) is 34.2 Å². The van der Waals surface area contributed by atoms with Crippen molar-refractivity contribution < 1.29 is 21.9 Å². The first-order valence-electron chi connectivity index (χ1n) is 10.6. The number of H-pyrrole nitrogens is 1. The number of sulfonamides is 1. The number of aromatic nitrogens is 1. The third-order valence-electron chi connectivity index (χ3n) is 5.54. The van der Waals surface area contributed by atoms with Gasteiger partial charge in [0.2, 0.25) is 10.0 Å². The lowest BCUT2D eigenvalue weighted by atomic mass is 9.97. The monoisotopic (exact) mass is 504 g/mol. The molecule has 0 radical (unpaired) electrons. The van der Waals surface area contributed by atoms with Gasteiger partial charge in [0, 0.05) is 34.8 Å². The van der Waals surface area contributed by atoms with E-state index in [1.54, 1.807) is 25.3 Å². The van der Waals surface area contributed by atoms with Gasteiger partial charge in [-0.25, -0.2) is 17.2 Å². The van der Waals surface area contributed by atoms with E-state index in [9.17, 15) is 12.8 Å². The number of anilines is 1. The van der Waals surface area contributed by atoms with Crippen LogP contribution in [0.4, 0.5) is 14.5 Å². The molecule has 0 saturated carbocycles. The molecule has 5 nitrogen and oxygen atoms in total. The molecule has 0 fully saturated rings. The van der Waals surface area contributed by atoms with Gasteiger partial charge in [-0.15, -0.1) is 0 Å². The maximum atomic E-state index is 15.4. The van der Waals surface area contributed by atoms with Crippen molar-refractivity contribution in [2.24, 2.45) is 0 Å². The predicted molar refractivity (Wildman–Crippen MR) is 132 cm³/mol. The zero-order chi connectivity index (χ0) is 24.5. The van der Waals surface area contributed by atoms with Crippen LogP contribution in [0.15, 0.2) is 60.8 Å². The molecule has 1 aromatic heterocycles. The van der Waals surface area contributed by atoms with Gasteiger partial charge in [-0.1, -0.05) is 36.7 Å². The fourth-order valence-corrected chi connectivity index (χ4v) is 5.22. The summed E-state index contributed by atoms with van der Waals surface area (Å²) in [5.74, 6) is -2.04. The predicted octanol–water partition coefficient (Wildman–Crippen LogP) is 6.65. The minimum Gasteiger partial charge on any atom is -0.372 e. The van der Waals surface area contributed by atoms with Crippen LogP contribution in [-0.4, -0.2) is 26.3 Å². The van der Waals surface area contributed by atoms with E-state index in [-0.39, 0.29) is 17.0 Å². The molecule has 9 heteroatoms. The van der Waals surface area contributed by atoms with E-state index in [4.69, 9.17) is 16.3 Å². The second-order valence-electron chi connectivity index (χ2n) is 7.87. The molecular weight excluding hydrogens is 482 g/mol. The second-order valence-corrected chi connectivity index (χ2v) is 10.1. The molecule has 1 heterocycles. The number of nitrogens with one attached hydrogen (secondary N) is 2. The van der Waals surface area contributed by atoms with Crippen molar-refractivity contribution in [1.29, 1.82) is 0 Å². The molecule has 0 unspecified atom stereocenters. The Hall–Kier alpha value is -2.94. The molecule has 0 aliphatic rings. The maximum absolute atomic E-state index is 15.4. The second kappa shape index (κ2) is 9.74. The van der Waals surface area contributed by atoms with E-state index < -0.39 is 27.8 Å². The smallest absolute Gasteiger partial charge is 0.232 e. The highest BCUT2D eigenvalue weighted by Gasteiger charge is 2.27. The zero-order valence-electron chi connectivity index (χ0n) is 18.5. The number of hydrogen-bond donors (Lipinski definition) is 2. The molecular formula is C25H23ClF2N2O3S. The summed E-state index contributed by atoms with van der Waals surface area (Å²) in [5, 5.41) is 1.34. The van der Waals surface area contributed by atoms with Crippen molar-refractivity contribution in [2.45, 2.75) is 19.4 Å². The van der Waals surface area contributed by atoms with Crippen LogP contribution in [-0.2, 0) is 14.8 Å². The Morgan fingerprint density at radius 1 is 1.06 bits per heavy atom. The van der Waals surface area contributed by atoms with Gasteiger partial charge in [-0.2, -0.15) is 0 Å². The number of ether oxygens (including phenoxy) is 1. The van der Waals surface area contributed by atoms with Crippen LogP contribution >= 0.6 is 11.6 Å². The van der Waals surface area contributed by atoms with Crippen LogP contribution in [0.1, 0.15) is 30.6 Å². The maximum Gasteiger partial charge on any atom is 0.232 e. The van der Waals surface area contributed by atoms with Crippen LogP contribution < -0.4 is 4.72 Å². The normalized spacial score (nSPS) is 12.7. The van der Waals surface area contributed by atoms with Crippen molar-refractivity contribution in [3.05, 3.63) is 88.6 Å². The van der Waals surface area contributed by atoms with Crippen molar-refractivity contribution in [2.75, 3.05) is 17.6 Å². The average Bonchev–Trinajstić information content (AvgIpc) is 3.22. The Morgan fingerprint density at radius 2 is 1.76 bits per heavy atom. The summed E-state index contributed by atoms with van der Waals surface area (Å²) in [7, 11) is -2.42. The molecule has 1 atom stereocenters. The van der Waals surface area contributed by atoms with Gasteiger partial charge in [-0.3, -0.25) is 4.72 Å². The van der Waals surface area contributed by atoms with Crippen LogP contribution in [0.25, 0.3) is 22.0 Å². The topological polar surface area (TPSA) is 71.2 Å². The first-order chi connectivity index (χ1) is 16.2. The first kappa shape index (κ1) is 24.2. The fourth-order valence-electron chi connectivity index (χ4n) is 3.96. The summed E-state index contributed by atoms with van der Waals surface area (Å²) in [5.41, 5.74) is 2.39. The summed E-state index contributed by atoms with van der Waals surface area (Å²) < 4.78 is 62.4. The summed E-state index contributed by atoms with van der Waals surface area (Å²) in [6, 6.07) is 15.1. The van der Waals surface area contributed by atoms with Crippen molar-refractivity contribution in [1.82, 2.24) is 4.98 Å². The van der Waals surface area contributed by atoms with Crippen molar-refractivity contribution in [3.63, 3.8) is 0 Å². The molecule has 34 heavy (non-hydrogen) atoms. The molecule has 0 bridgehead atoms. The third kappa shape index (κ3) is 4.80. The highest BCUT2D eigenvalue weighted by molar-refractivity contribution is 7.92. The van der Waals surface area contributed by atoms with Gasteiger partial charge < -0.3 is 9.72 Å². The zero-order valence-corrected chi connectivity index (χ0v) is 20.1. The third-order valence-corrected chi connectivity index (χ3v) is 7.27. The standard InChI is InChI=1S/C25H23ClF2N2O3S/c1-3-12-34(31,32)30-22-11-9-20(27)23(24(22)28)25(33-2)19-14-29-21-10-6-16(13-18(19)21)15-4-7-17(26)8-5-15/h4-11,13-14,25,29-30H,3,12H2,1-2H3/t25-/m1/s1.